The van der Waals surface area contributed by atoms with Gasteiger partial charge in [-0.05, 0) is 44.2 Å². The van der Waals surface area contributed by atoms with E-state index in [4.69, 9.17) is 0 Å². The van der Waals surface area contributed by atoms with Crippen LogP contribution in [0, 0.1) is 0 Å². The molecule has 0 heterocycles. The van der Waals surface area contributed by atoms with Crippen molar-refractivity contribution >= 4 is 11.8 Å². The zero-order valence-electron chi connectivity index (χ0n) is 10.8. The summed E-state index contributed by atoms with van der Waals surface area (Å²) in [4.78, 5) is 0. The highest BCUT2D eigenvalue weighted by Gasteiger charge is 2.03. The molecule has 0 bridgehead atoms. The lowest BCUT2D eigenvalue weighted by molar-refractivity contribution is 0.445. The summed E-state index contributed by atoms with van der Waals surface area (Å²) in [6.45, 7) is 5.78. The average molecular weight is 231 g/mol. The Bertz CT molecular complexity index is 117. The molecule has 0 aromatic rings. The van der Waals surface area contributed by atoms with E-state index in [1.54, 1.807) is 0 Å². The second kappa shape index (κ2) is 12.4. The molecule has 0 aliphatic heterocycles. The number of unbranched alkanes of at least 4 members (excludes halogenated alkanes) is 3. The number of hydrogen-bond acceptors (Lipinski definition) is 2. The van der Waals surface area contributed by atoms with Crippen LogP contribution in [0.5, 0.6) is 0 Å². The van der Waals surface area contributed by atoms with Gasteiger partial charge in [0.2, 0.25) is 0 Å². The molecule has 0 aliphatic rings. The lowest BCUT2D eigenvalue weighted by Gasteiger charge is -2.16. The first-order valence-corrected chi connectivity index (χ1v) is 7.96. The van der Waals surface area contributed by atoms with Crippen molar-refractivity contribution in [1.82, 2.24) is 5.32 Å². The minimum absolute atomic E-state index is 0.769. The molecular weight excluding hydrogens is 202 g/mol. The Morgan fingerprint density at radius 3 is 2.47 bits per heavy atom. The molecule has 0 fully saturated rings. The summed E-state index contributed by atoms with van der Waals surface area (Å²) < 4.78 is 0. The third kappa shape index (κ3) is 10.6. The highest BCUT2D eigenvalue weighted by Crippen LogP contribution is 2.05. The smallest absolute Gasteiger partial charge is 0.00644 e. The number of thioether (sulfide) groups is 1. The van der Waals surface area contributed by atoms with E-state index in [9.17, 15) is 0 Å². The second-order valence-electron chi connectivity index (χ2n) is 4.25. The Labute approximate surface area is 101 Å². The molecule has 0 radical (unpaired) electrons. The van der Waals surface area contributed by atoms with Crippen molar-refractivity contribution in [3.63, 3.8) is 0 Å². The standard InChI is InChI=1S/C13H29NS/c1-4-6-10-13(5-2)14-11-8-7-9-12-15-3/h13-14H,4-12H2,1-3H3. The van der Waals surface area contributed by atoms with Crippen molar-refractivity contribution in [2.75, 3.05) is 18.6 Å². The summed E-state index contributed by atoms with van der Waals surface area (Å²) in [6.07, 6.45) is 11.7. The van der Waals surface area contributed by atoms with Crippen molar-refractivity contribution in [2.45, 2.75) is 64.8 Å². The van der Waals surface area contributed by atoms with Gasteiger partial charge in [-0.2, -0.15) is 11.8 Å². The Morgan fingerprint density at radius 2 is 1.87 bits per heavy atom. The molecule has 1 N–H and O–H groups in total. The average Bonchev–Trinajstić information content (AvgIpc) is 2.27. The van der Waals surface area contributed by atoms with Gasteiger partial charge in [-0.15, -0.1) is 0 Å². The summed E-state index contributed by atoms with van der Waals surface area (Å²) >= 11 is 1.96. The zero-order chi connectivity index (χ0) is 11.4. The SMILES string of the molecule is CCCCC(CC)NCCCCCSC. The molecule has 15 heavy (non-hydrogen) atoms. The molecule has 92 valence electrons. The van der Waals surface area contributed by atoms with E-state index in [0.717, 1.165) is 6.04 Å². The Kier molecular flexibility index (Phi) is 12.6. The van der Waals surface area contributed by atoms with Gasteiger partial charge in [-0.3, -0.25) is 0 Å². The molecule has 0 aliphatic carbocycles. The van der Waals surface area contributed by atoms with Gasteiger partial charge >= 0.3 is 0 Å². The number of nitrogens with one attached hydrogen (secondary N) is 1. The molecule has 0 amide bonds. The third-order valence-electron chi connectivity index (χ3n) is 2.86. The number of rotatable bonds is 11. The monoisotopic (exact) mass is 231 g/mol. The quantitative estimate of drug-likeness (QED) is 0.538. The highest BCUT2D eigenvalue weighted by atomic mass is 32.2. The van der Waals surface area contributed by atoms with E-state index < -0.39 is 0 Å². The molecule has 0 aromatic carbocycles. The minimum Gasteiger partial charge on any atom is -0.314 e. The van der Waals surface area contributed by atoms with Crippen molar-refractivity contribution in [3.05, 3.63) is 0 Å². The van der Waals surface area contributed by atoms with Crippen molar-refractivity contribution in [1.29, 1.82) is 0 Å². The summed E-state index contributed by atoms with van der Waals surface area (Å²) in [5.41, 5.74) is 0. The molecule has 1 unspecified atom stereocenters. The van der Waals surface area contributed by atoms with Crippen LogP contribution in [0.4, 0.5) is 0 Å². The molecule has 0 spiro atoms. The largest absolute Gasteiger partial charge is 0.314 e. The van der Waals surface area contributed by atoms with E-state index in [2.05, 4.69) is 25.4 Å². The van der Waals surface area contributed by atoms with E-state index in [1.165, 1.54) is 57.2 Å². The normalized spacial score (nSPS) is 13.0. The summed E-state index contributed by atoms with van der Waals surface area (Å²) in [7, 11) is 0. The maximum absolute atomic E-state index is 3.67. The van der Waals surface area contributed by atoms with Crippen LogP contribution < -0.4 is 5.32 Å². The fourth-order valence-corrected chi connectivity index (χ4v) is 2.25. The maximum Gasteiger partial charge on any atom is 0.00644 e. The first kappa shape index (κ1) is 15.3. The minimum atomic E-state index is 0.769. The van der Waals surface area contributed by atoms with Crippen molar-refractivity contribution in [2.24, 2.45) is 0 Å². The predicted molar refractivity (Wildman–Crippen MR) is 73.8 cm³/mol. The Balaban J connectivity index is 3.22. The van der Waals surface area contributed by atoms with E-state index >= 15 is 0 Å². The van der Waals surface area contributed by atoms with Gasteiger partial charge in [0.05, 0.1) is 0 Å². The highest BCUT2D eigenvalue weighted by molar-refractivity contribution is 7.98. The van der Waals surface area contributed by atoms with Crippen LogP contribution >= 0.6 is 11.8 Å². The number of hydrogen-bond donors (Lipinski definition) is 1. The van der Waals surface area contributed by atoms with Gasteiger partial charge < -0.3 is 5.32 Å². The maximum atomic E-state index is 3.67. The third-order valence-corrected chi connectivity index (χ3v) is 3.55. The van der Waals surface area contributed by atoms with Crippen LogP contribution in [0.2, 0.25) is 0 Å². The molecule has 2 heteroatoms. The topological polar surface area (TPSA) is 12.0 Å². The van der Waals surface area contributed by atoms with Crippen LogP contribution in [-0.4, -0.2) is 24.6 Å². The Hall–Kier alpha value is 0.310. The fourth-order valence-electron chi connectivity index (χ4n) is 1.76. The van der Waals surface area contributed by atoms with E-state index in [-0.39, 0.29) is 0 Å². The molecule has 0 saturated carbocycles. The van der Waals surface area contributed by atoms with Gasteiger partial charge in [0.25, 0.3) is 0 Å². The van der Waals surface area contributed by atoms with Gasteiger partial charge in [0.1, 0.15) is 0 Å². The second-order valence-corrected chi connectivity index (χ2v) is 5.24. The lowest BCUT2D eigenvalue weighted by atomic mass is 10.1. The summed E-state index contributed by atoms with van der Waals surface area (Å²) in [6, 6.07) is 0.769. The molecule has 0 rings (SSSR count). The Morgan fingerprint density at radius 1 is 1.07 bits per heavy atom. The first-order valence-electron chi connectivity index (χ1n) is 6.57. The van der Waals surface area contributed by atoms with Crippen molar-refractivity contribution < 1.29 is 0 Å². The summed E-state index contributed by atoms with van der Waals surface area (Å²) in [5.74, 6) is 1.33. The summed E-state index contributed by atoms with van der Waals surface area (Å²) in [5, 5.41) is 3.67. The van der Waals surface area contributed by atoms with Crippen LogP contribution in [0.15, 0.2) is 0 Å². The van der Waals surface area contributed by atoms with Gasteiger partial charge in [0.15, 0.2) is 0 Å². The van der Waals surface area contributed by atoms with Crippen molar-refractivity contribution in [3.8, 4) is 0 Å². The predicted octanol–water partition coefficient (Wildman–Crippen LogP) is 4.08. The fraction of sp³-hybridized carbons (Fsp3) is 1.00. The van der Waals surface area contributed by atoms with Crippen LogP contribution in [0.3, 0.4) is 0 Å². The van der Waals surface area contributed by atoms with Gasteiger partial charge in [-0.25, -0.2) is 0 Å². The molecule has 1 atom stereocenters. The lowest BCUT2D eigenvalue weighted by Crippen LogP contribution is -2.29. The van der Waals surface area contributed by atoms with Gasteiger partial charge in [-0.1, -0.05) is 33.1 Å². The van der Waals surface area contributed by atoms with E-state index in [1.807, 2.05) is 11.8 Å². The molecule has 1 nitrogen and oxygen atoms in total. The van der Waals surface area contributed by atoms with Crippen LogP contribution in [0.1, 0.15) is 58.8 Å². The first-order chi connectivity index (χ1) is 7.35. The zero-order valence-corrected chi connectivity index (χ0v) is 11.7. The molecule has 0 aromatic heterocycles. The van der Waals surface area contributed by atoms with E-state index in [0.29, 0.717) is 0 Å². The molecular formula is C13H29NS. The van der Waals surface area contributed by atoms with Crippen LogP contribution in [-0.2, 0) is 0 Å². The van der Waals surface area contributed by atoms with Crippen LogP contribution in [0.25, 0.3) is 0 Å². The van der Waals surface area contributed by atoms with Gasteiger partial charge in [0, 0.05) is 6.04 Å². The molecule has 0 saturated heterocycles.